The first-order chi connectivity index (χ1) is 18.8. The van der Waals surface area contributed by atoms with Crippen LogP contribution in [0.4, 0.5) is 5.69 Å². The molecule has 0 aromatic heterocycles. The van der Waals surface area contributed by atoms with Crippen LogP contribution in [0, 0.1) is 0 Å². The minimum Gasteiger partial charge on any atom is -0.497 e. The average molecular weight is 573 g/mol. The van der Waals surface area contributed by atoms with Crippen molar-refractivity contribution in [2.75, 3.05) is 32.8 Å². The Bertz CT molecular complexity index is 1400. The zero-order chi connectivity index (χ0) is 28.1. The second kappa shape index (κ2) is 12.3. The van der Waals surface area contributed by atoms with Crippen molar-refractivity contribution >= 4 is 46.7 Å². The lowest BCUT2D eigenvalue weighted by atomic mass is 10.0. The summed E-state index contributed by atoms with van der Waals surface area (Å²) in [5, 5.41) is 3.15. The number of ether oxygens (including phenoxy) is 4. The monoisotopic (exact) mass is 572 g/mol. The van der Waals surface area contributed by atoms with E-state index in [0.717, 1.165) is 0 Å². The summed E-state index contributed by atoms with van der Waals surface area (Å²) >= 11 is 12.6. The number of anilines is 1. The van der Waals surface area contributed by atoms with Crippen LogP contribution in [0.1, 0.15) is 34.5 Å². The van der Waals surface area contributed by atoms with Crippen molar-refractivity contribution in [2.24, 2.45) is 0 Å². The Morgan fingerprint density at radius 2 is 1.79 bits per heavy atom. The molecule has 1 aliphatic rings. The van der Waals surface area contributed by atoms with Crippen LogP contribution in [0.3, 0.4) is 0 Å². The molecule has 0 spiro atoms. The van der Waals surface area contributed by atoms with E-state index in [1.54, 1.807) is 61.5 Å². The van der Waals surface area contributed by atoms with Gasteiger partial charge in [0.25, 0.3) is 11.8 Å². The van der Waals surface area contributed by atoms with Gasteiger partial charge in [-0.2, -0.15) is 0 Å². The Morgan fingerprint density at radius 1 is 1.05 bits per heavy atom. The fraction of sp³-hybridized carbons (Fsp3) is 0.250. The highest BCUT2D eigenvalue weighted by Crippen LogP contribution is 2.42. The van der Waals surface area contributed by atoms with E-state index >= 15 is 0 Å². The summed E-state index contributed by atoms with van der Waals surface area (Å²) in [6.45, 7) is 1.63. The maximum Gasteiger partial charge on any atom is 0.338 e. The first kappa shape index (κ1) is 28.1. The van der Waals surface area contributed by atoms with Crippen LogP contribution in [0.5, 0.6) is 17.2 Å². The summed E-state index contributed by atoms with van der Waals surface area (Å²) in [4.78, 5) is 40.6. The molecule has 1 N–H and O–H groups in total. The largest absolute Gasteiger partial charge is 0.497 e. The zero-order valence-corrected chi connectivity index (χ0v) is 23.0. The van der Waals surface area contributed by atoms with Crippen LogP contribution in [-0.2, 0) is 20.9 Å². The Labute approximate surface area is 235 Å². The van der Waals surface area contributed by atoms with Gasteiger partial charge in [-0.25, -0.2) is 4.79 Å². The normalized spacial score (nSPS) is 14.5. The Balaban J connectivity index is 1.73. The van der Waals surface area contributed by atoms with Crippen molar-refractivity contribution in [3.63, 3.8) is 0 Å². The lowest BCUT2D eigenvalue weighted by Gasteiger charge is -2.30. The standard InChI is InChI=1S/C28H26Cl2N2O7/c1-4-38-28(35)16-5-8-18(9-6-16)31-27(34)25-20-11-12-21(29)24(30)26(20)39-15-23(33)32(25)14-17-7-10-19(36-2)13-22(17)37-3/h5-13,25H,4,14-15H2,1-3H3,(H,31,34). The average Bonchev–Trinajstić information content (AvgIpc) is 3.08. The molecule has 1 heterocycles. The maximum absolute atomic E-state index is 13.8. The second-order valence-electron chi connectivity index (χ2n) is 8.46. The van der Waals surface area contributed by atoms with Gasteiger partial charge >= 0.3 is 5.97 Å². The van der Waals surface area contributed by atoms with Crippen molar-refractivity contribution in [2.45, 2.75) is 19.5 Å². The van der Waals surface area contributed by atoms with Gasteiger partial charge in [-0.1, -0.05) is 29.3 Å². The van der Waals surface area contributed by atoms with Crippen LogP contribution in [0.15, 0.2) is 54.6 Å². The number of amides is 2. The van der Waals surface area contributed by atoms with Crippen LogP contribution in [0.2, 0.25) is 10.0 Å². The molecular formula is C28H26Cl2N2O7. The summed E-state index contributed by atoms with van der Waals surface area (Å²) in [6, 6.07) is 13.4. The molecule has 204 valence electrons. The molecule has 2 amide bonds. The van der Waals surface area contributed by atoms with Gasteiger partial charge in [-0.05, 0) is 49.4 Å². The first-order valence-electron chi connectivity index (χ1n) is 12.0. The number of nitrogens with one attached hydrogen (secondary N) is 1. The highest BCUT2D eigenvalue weighted by atomic mass is 35.5. The smallest absolute Gasteiger partial charge is 0.338 e. The first-order valence-corrected chi connectivity index (χ1v) is 12.7. The molecule has 9 nitrogen and oxygen atoms in total. The molecule has 39 heavy (non-hydrogen) atoms. The predicted octanol–water partition coefficient (Wildman–Crippen LogP) is 5.29. The second-order valence-corrected chi connectivity index (χ2v) is 9.24. The molecule has 0 radical (unpaired) electrons. The molecule has 0 bridgehead atoms. The van der Waals surface area contributed by atoms with Crippen molar-refractivity contribution in [1.29, 1.82) is 0 Å². The molecule has 1 atom stereocenters. The Hall–Kier alpha value is -3.95. The highest BCUT2D eigenvalue weighted by molar-refractivity contribution is 6.43. The van der Waals surface area contributed by atoms with Crippen molar-refractivity contribution in [3.05, 3.63) is 81.3 Å². The van der Waals surface area contributed by atoms with Gasteiger partial charge in [0.15, 0.2) is 6.61 Å². The van der Waals surface area contributed by atoms with Crippen LogP contribution < -0.4 is 19.5 Å². The summed E-state index contributed by atoms with van der Waals surface area (Å²) in [5.74, 6) is -0.232. The van der Waals surface area contributed by atoms with Crippen molar-refractivity contribution in [3.8, 4) is 17.2 Å². The number of hydrogen-bond donors (Lipinski definition) is 1. The quantitative estimate of drug-likeness (QED) is 0.366. The number of hydrogen-bond acceptors (Lipinski definition) is 7. The molecule has 4 rings (SSSR count). The van der Waals surface area contributed by atoms with Gasteiger partial charge in [0, 0.05) is 22.9 Å². The van der Waals surface area contributed by atoms with E-state index in [4.69, 9.17) is 42.1 Å². The molecule has 1 aliphatic heterocycles. The number of fused-ring (bicyclic) bond motifs is 1. The number of methoxy groups -OCH3 is 2. The lowest BCUT2D eigenvalue weighted by molar-refractivity contribution is -0.140. The number of carbonyl (C=O) groups is 3. The van der Waals surface area contributed by atoms with E-state index < -0.39 is 23.8 Å². The molecule has 11 heteroatoms. The van der Waals surface area contributed by atoms with Crippen molar-refractivity contribution in [1.82, 2.24) is 4.90 Å². The summed E-state index contributed by atoms with van der Waals surface area (Å²) in [7, 11) is 3.04. The summed E-state index contributed by atoms with van der Waals surface area (Å²) in [5.41, 5.74) is 1.76. The Morgan fingerprint density at radius 3 is 2.46 bits per heavy atom. The molecule has 0 saturated carbocycles. The van der Waals surface area contributed by atoms with Gasteiger partial charge < -0.3 is 29.2 Å². The zero-order valence-electron chi connectivity index (χ0n) is 21.5. The molecule has 0 saturated heterocycles. The molecular weight excluding hydrogens is 547 g/mol. The molecule has 3 aromatic rings. The number of benzene rings is 3. The van der Waals surface area contributed by atoms with E-state index in [-0.39, 0.29) is 35.6 Å². The summed E-state index contributed by atoms with van der Waals surface area (Å²) < 4.78 is 21.5. The minimum atomic E-state index is -1.14. The van der Waals surface area contributed by atoms with E-state index in [1.807, 2.05) is 0 Å². The SMILES string of the molecule is CCOC(=O)c1ccc(NC(=O)C2c3ccc(Cl)c(Cl)c3OCC(=O)N2Cc2ccc(OC)cc2OC)cc1. The van der Waals surface area contributed by atoms with E-state index in [1.165, 1.54) is 19.1 Å². The third kappa shape index (κ3) is 6.05. The minimum absolute atomic E-state index is 0.0227. The van der Waals surface area contributed by atoms with E-state index in [0.29, 0.717) is 33.9 Å². The topological polar surface area (TPSA) is 103 Å². The van der Waals surface area contributed by atoms with Gasteiger partial charge in [-0.3, -0.25) is 9.59 Å². The fourth-order valence-electron chi connectivity index (χ4n) is 4.18. The lowest BCUT2D eigenvalue weighted by Crippen LogP contribution is -2.41. The van der Waals surface area contributed by atoms with Crippen LogP contribution >= 0.6 is 23.2 Å². The van der Waals surface area contributed by atoms with E-state index in [9.17, 15) is 14.4 Å². The molecule has 0 aliphatic carbocycles. The maximum atomic E-state index is 13.8. The number of carbonyl (C=O) groups excluding carboxylic acids is 3. The molecule has 1 unspecified atom stereocenters. The van der Waals surface area contributed by atoms with Crippen LogP contribution in [-0.4, -0.2) is 50.1 Å². The van der Waals surface area contributed by atoms with Gasteiger partial charge in [-0.15, -0.1) is 0 Å². The van der Waals surface area contributed by atoms with Gasteiger partial charge in [0.05, 0.1) is 38.0 Å². The molecule has 3 aromatic carbocycles. The number of rotatable bonds is 8. The highest BCUT2D eigenvalue weighted by Gasteiger charge is 2.38. The van der Waals surface area contributed by atoms with E-state index in [2.05, 4.69) is 5.32 Å². The third-order valence-corrected chi connectivity index (χ3v) is 6.88. The third-order valence-electron chi connectivity index (χ3n) is 6.09. The molecule has 0 fully saturated rings. The number of halogens is 2. The Kier molecular flexibility index (Phi) is 8.83. The van der Waals surface area contributed by atoms with Crippen LogP contribution in [0.25, 0.3) is 0 Å². The fourth-order valence-corrected chi connectivity index (χ4v) is 4.56. The van der Waals surface area contributed by atoms with Gasteiger partial charge in [0.1, 0.15) is 28.3 Å². The van der Waals surface area contributed by atoms with Crippen molar-refractivity contribution < 1.29 is 33.3 Å². The van der Waals surface area contributed by atoms with Gasteiger partial charge in [0.2, 0.25) is 0 Å². The predicted molar refractivity (Wildman–Crippen MR) is 146 cm³/mol. The summed E-state index contributed by atoms with van der Waals surface area (Å²) in [6.07, 6.45) is 0. The number of esters is 1. The number of nitrogens with zero attached hydrogens (tertiary/aromatic N) is 1.